The zero-order valence-corrected chi connectivity index (χ0v) is 11.9. The van der Waals surface area contributed by atoms with E-state index in [1.54, 1.807) is 0 Å². The van der Waals surface area contributed by atoms with Gasteiger partial charge < -0.3 is 9.47 Å². The fraction of sp³-hybridized carbons (Fsp3) is 0.750. The van der Waals surface area contributed by atoms with Crippen molar-refractivity contribution in [2.45, 2.75) is 38.9 Å². The highest BCUT2D eigenvalue weighted by Crippen LogP contribution is 2.15. The van der Waals surface area contributed by atoms with Gasteiger partial charge in [0.1, 0.15) is 6.61 Å². The molecule has 1 rings (SSSR count). The number of methoxy groups -OCH3 is 1. The zero-order valence-electron chi connectivity index (χ0n) is 11.9. The van der Waals surface area contributed by atoms with Crippen molar-refractivity contribution in [3.05, 3.63) is 11.4 Å². The van der Waals surface area contributed by atoms with Crippen molar-refractivity contribution in [3.63, 3.8) is 0 Å². The highest BCUT2D eigenvalue weighted by atomic mass is 19.4. The molecule has 0 N–H and O–H groups in total. The molecule has 1 heterocycles. The third-order valence-electron chi connectivity index (χ3n) is 2.63. The molecule has 0 aliphatic rings. The van der Waals surface area contributed by atoms with Crippen LogP contribution in [0, 0.1) is 0 Å². The first kappa shape index (κ1) is 17.4. The highest BCUT2D eigenvalue weighted by molar-refractivity contribution is 5.88. The number of ether oxygens (including phenoxy) is 2. The first-order valence-corrected chi connectivity index (χ1v) is 6.54. The molecule has 0 fully saturated rings. The van der Waals surface area contributed by atoms with Crippen molar-refractivity contribution in [2.24, 2.45) is 0 Å². The molecule has 9 heteroatoms. The van der Waals surface area contributed by atoms with Gasteiger partial charge in [-0.2, -0.15) is 13.2 Å². The standard InChI is InChI=1S/C12H18F3N3O3/c1-3-5-9-10(11(19)20-2)16-17-18(9)6-4-7-21-8-12(13,14)15/h3-8H2,1-2H3. The van der Waals surface area contributed by atoms with Crippen LogP contribution in [0.5, 0.6) is 0 Å². The van der Waals surface area contributed by atoms with E-state index < -0.39 is 18.8 Å². The molecule has 6 nitrogen and oxygen atoms in total. The summed E-state index contributed by atoms with van der Waals surface area (Å²) in [6, 6.07) is 0. The molecule has 0 radical (unpaired) electrons. The van der Waals surface area contributed by atoms with Crippen LogP contribution in [-0.2, 0) is 22.4 Å². The van der Waals surface area contributed by atoms with Crippen molar-refractivity contribution in [1.29, 1.82) is 0 Å². The third-order valence-corrected chi connectivity index (χ3v) is 2.63. The summed E-state index contributed by atoms with van der Waals surface area (Å²) in [7, 11) is 1.25. The maximum Gasteiger partial charge on any atom is 0.411 e. The molecule has 0 amide bonds. The molecular weight excluding hydrogens is 291 g/mol. The van der Waals surface area contributed by atoms with Crippen LogP contribution in [0.3, 0.4) is 0 Å². The monoisotopic (exact) mass is 309 g/mol. The normalized spacial score (nSPS) is 11.7. The summed E-state index contributed by atoms with van der Waals surface area (Å²) in [5.41, 5.74) is 0.774. The van der Waals surface area contributed by atoms with Gasteiger partial charge in [-0.05, 0) is 12.8 Å². The molecule has 0 aliphatic heterocycles. The molecule has 1 aromatic heterocycles. The average Bonchev–Trinajstić information content (AvgIpc) is 2.80. The Balaban J connectivity index is 2.55. The van der Waals surface area contributed by atoms with Crippen LogP contribution in [0.25, 0.3) is 0 Å². The van der Waals surface area contributed by atoms with Crippen LogP contribution in [0.4, 0.5) is 13.2 Å². The number of hydrogen-bond acceptors (Lipinski definition) is 5. The van der Waals surface area contributed by atoms with Crippen molar-refractivity contribution < 1.29 is 27.4 Å². The van der Waals surface area contributed by atoms with E-state index in [9.17, 15) is 18.0 Å². The van der Waals surface area contributed by atoms with Gasteiger partial charge in [0, 0.05) is 13.2 Å². The van der Waals surface area contributed by atoms with E-state index in [4.69, 9.17) is 0 Å². The number of aromatic nitrogens is 3. The summed E-state index contributed by atoms with van der Waals surface area (Å²) in [4.78, 5) is 11.5. The Labute approximate surface area is 120 Å². The molecule has 0 aliphatic carbocycles. The van der Waals surface area contributed by atoms with Gasteiger partial charge in [0.2, 0.25) is 0 Å². The van der Waals surface area contributed by atoms with Crippen LogP contribution in [-0.4, -0.2) is 47.5 Å². The minimum absolute atomic E-state index is 0.0432. The van der Waals surface area contributed by atoms with Gasteiger partial charge in [-0.1, -0.05) is 18.6 Å². The second kappa shape index (κ2) is 7.96. The molecule has 120 valence electrons. The fourth-order valence-corrected chi connectivity index (χ4v) is 1.76. The van der Waals surface area contributed by atoms with Gasteiger partial charge in [-0.25, -0.2) is 9.48 Å². The Morgan fingerprint density at radius 3 is 2.67 bits per heavy atom. The molecule has 0 atom stereocenters. The lowest BCUT2D eigenvalue weighted by atomic mass is 10.2. The lowest BCUT2D eigenvalue weighted by Gasteiger charge is -2.09. The number of carbonyl (C=O) groups excluding carboxylic acids is 1. The van der Waals surface area contributed by atoms with E-state index in [-0.39, 0.29) is 12.3 Å². The molecular formula is C12H18F3N3O3. The zero-order chi connectivity index (χ0) is 15.9. The number of aryl methyl sites for hydroxylation is 1. The third kappa shape index (κ3) is 5.70. The van der Waals surface area contributed by atoms with Crippen molar-refractivity contribution in [3.8, 4) is 0 Å². The van der Waals surface area contributed by atoms with Gasteiger partial charge in [-0.3, -0.25) is 0 Å². The molecule has 0 bridgehead atoms. The quantitative estimate of drug-likeness (QED) is 0.543. The highest BCUT2D eigenvalue weighted by Gasteiger charge is 2.27. The minimum Gasteiger partial charge on any atom is -0.464 e. The second-order valence-electron chi connectivity index (χ2n) is 4.37. The summed E-state index contributed by atoms with van der Waals surface area (Å²) in [5, 5.41) is 7.60. The van der Waals surface area contributed by atoms with Crippen LogP contribution in [0.15, 0.2) is 0 Å². The first-order chi connectivity index (χ1) is 9.89. The van der Waals surface area contributed by atoms with E-state index in [0.29, 0.717) is 25.1 Å². The average molecular weight is 309 g/mol. The van der Waals surface area contributed by atoms with Crippen LogP contribution >= 0.6 is 0 Å². The minimum atomic E-state index is -4.32. The predicted octanol–water partition coefficient (Wildman–Crippen LogP) is 1.99. The summed E-state index contributed by atoms with van der Waals surface area (Å²) >= 11 is 0. The van der Waals surface area contributed by atoms with Crippen molar-refractivity contribution in [1.82, 2.24) is 15.0 Å². The summed E-state index contributed by atoms with van der Waals surface area (Å²) in [5.74, 6) is -0.571. The van der Waals surface area contributed by atoms with Crippen LogP contribution in [0.1, 0.15) is 35.9 Å². The number of alkyl halides is 3. The number of nitrogens with zero attached hydrogens (tertiary/aromatic N) is 3. The number of hydrogen-bond donors (Lipinski definition) is 0. The predicted molar refractivity (Wildman–Crippen MR) is 66.8 cm³/mol. The van der Waals surface area contributed by atoms with Gasteiger partial charge in [0.25, 0.3) is 0 Å². The molecule has 0 unspecified atom stereocenters. The maximum atomic E-state index is 11.9. The molecule has 0 saturated carbocycles. The number of rotatable bonds is 8. The second-order valence-corrected chi connectivity index (χ2v) is 4.37. The van der Waals surface area contributed by atoms with E-state index in [2.05, 4.69) is 19.8 Å². The van der Waals surface area contributed by atoms with Gasteiger partial charge >= 0.3 is 12.1 Å². The van der Waals surface area contributed by atoms with E-state index in [0.717, 1.165) is 6.42 Å². The molecule has 1 aromatic rings. The summed E-state index contributed by atoms with van der Waals surface area (Å²) < 4.78 is 46.3. The lowest BCUT2D eigenvalue weighted by molar-refractivity contribution is -0.174. The SMILES string of the molecule is CCCc1c(C(=O)OC)nnn1CCCOCC(F)(F)F. The Bertz CT molecular complexity index is 460. The first-order valence-electron chi connectivity index (χ1n) is 6.54. The molecule has 0 aromatic carbocycles. The van der Waals surface area contributed by atoms with Gasteiger partial charge in [-0.15, -0.1) is 5.10 Å². The lowest BCUT2D eigenvalue weighted by Crippen LogP contribution is -2.18. The maximum absolute atomic E-state index is 11.9. The Kier molecular flexibility index (Phi) is 6.60. The smallest absolute Gasteiger partial charge is 0.411 e. The Morgan fingerprint density at radius 2 is 2.10 bits per heavy atom. The van der Waals surface area contributed by atoms with E-state index in [1.165, 1.54) is 11.8 Å². The number of halogens is 3. The summed E-state index contributed by atoms with van der Waals surface area (Å²) in [6.45, 7) is 0.958. The van der Waals surface area contributed by atoms with E-state index >= 15 is 0 Å². The topological polar surface area (TPSA) is 66.2 Å². The van der Waals surface area contributed by atoms with Crippen LogP contribution in [0.2, 0.25) is 0 Å². The van der Waals surface area contributed by atoms with Crippen molar-refractivity contribution >= 4 is 5.97 Å². The Hall–Kier alpha value is -1.64. The largest absolute Gasteiger partial charge is 0.464 e. The van der Waals surface area contributed by atoms with Gasteiger partial charge in [0.15, 0.2) is 5.69 Å². The molecule has 0 spiro atoms. The van der Waals surface area contributed by atoms with Gasteiger partial charge in [0.05, 0.1) is 12.8 Å². The number of esters is 1. The fourth-order valence-electron chi connectivity index (χ4n) is 1.76. The van der Waals surface area contributed by atoms with E-state index in [1.807, 2.05) is 6.92 Å². The summed E-state index contributed by atoms with van der Waals surface area (Å²) in [6.07, 6.45) is -2.61. The molecule has 21 heavy (non-hydrogen) atoms. The number of carbonyl (C=O) groups is 1. The Morgan fingerprint density at radius 1 is 1.38 bits per heavy atom. The molecule has 0 saturated heterocycles. The van der Waals surface area contributed by atoms with Crippen molar-refractivity contribution in [2.75, 3.05) is 20.3 Å². The van der Waals surface area contributed by atoms with Crippen LogP contribution < -0.4 is 0 Å².